The highest BCUT2D eigenvalue weighted by atomic mass is 16.5. The summed E-state index contributed by atoms with van der Waals surface area (Å²) in [6, 6.07) is 15.2. The Balaban J connectivity index is 1.35. The Labute approximate surface area is 181 Å². The minimum absolute atomic E-state index is 0.0112. The first-order valence-electron chi connectivity index (χ1n) is 10.3. The molecule has 1 amide bonds. The van der Waals surface area contributed by atoms with E-state index in [1.165, 1.54) is 0 Å². The summed E-state index contributed by atoms with van der Waals surface area (Å²) in [6.45, 7) is 1.32. The largest absolute Gasteiger partial charge is 0.497 e. The number of ether oxygens (including phenoxy) is 2. The lowest BCUT2D eigenvalue weighted by Crippen LogP contribution is -2.37. The van der Waals surface area contributed by atoms with E-state index in [0.717, 1.165) is 29.7 Å². The van der Waals surface area contributed by atoms with Gasteiger partial charge in [-0.25, -0.2) is 0 Å². The van der Waals surface area contributed by atoms with Gasteiger partial charge in [0.15, 0.2) is 5.82 Å². The molecular weight excluding hydrogens is 394 g/mol. The number of methoxy groups -OCH3 is 2. The van der Waals surface area contributed by atoms with Crippen molar-refractivity contribution in [1.29, 1.82) is 0 Å². The average molecular weight is 419 g/mol. The molecule has 3 aromatic rings. The SMILES string of the molecule is COc1ccc(C=CC(=O)N2CCC(c3noc(-c4ccccc4OC)n3)CC2)cc1. The first-order chi connectivity index (χ1) is 15.2. The van der Waals surface area contributed by atoms with Crippen LogP contribution in [0.15, 0.2) is 59.1 Å². The van der Waals surface area contributed by atoms with Crippen LogP contribution in [0.1, 0.15) is 30.1 Å². The minimum atomic E-state index is 0.0112. The lowest BCUT2D eigenvalue weighted by molar-refractivity contribution is -0.127. The van der Waals surface area contributed by atoms with Crippen LogP contribution >= 0.6 is 0 Å². The zero-order chi connectivity index (χ0) is 21.6. The van der Waals surface area contributed by atoms with Crippen molar-refractivity contribution in [3.05, 3.63) is 66.0 Å². The second kappa shape index (κ2) is 9.47. The maximum Gasteiger partial charge on any atom is 0.261 e. The summed E-state index contributed by atoms with van der Waals surface area (Å²) in [6.07, 6.45) is 5.04. The zero-order valence-electron chi connectivity index (χ0n) is 17.7. The molecule has 31 heavy (non-hydrogen) atoms. The summed E-state index contributed by atoms with van der Waals surface area (Å²) >= 11 is 0. The third kappa shape index (κ3) is 4.77. The zero-order valence-corrected chi connectivity index (χ0v) is 17.7. The van der Waals surface area contributed by atoms with Gasteiger partial charge in [-0.15, -0.1) is 0 Å². The van der Waals surface area contributed by atoms with Gasteiger partial charge >= 0.3 is 0 Å². The number of piperidine rings is 1. The van der Waals surface area contributed by atoms with Crippen molar-refractivity contribution in [3.63, 3.8) is 0 Å². The van der Waals surface area contributed by atoms with Crippen molar-refractivity contribution >= 4 is 12.0 Å². The van der Waals surface area contributed by atoms with Crippen LogP contribution in [0.5, 0.6) is 11.5 Å². The molecule has 1 aliphatic heterocycles. The highest BCUT2D eigenvalue weighted by Crippen LogP contribution is 2.31. The molecule has 0 atom stereocenters. The third-order valence-electron chi connectivity index (χ3n) is 5.49. The van der Waals surface area contributed by atoms with Gasteiger partial charge in [0.25, 0.3) is 5.89 Å². The minimum Gasteiger partial charge on any atom is -0.497 e. The molecule has 7 heteroatoms. The Bertz CT molecular complexity index is 1050. The summed E-state index contributed by atoms with van der Waals surface area (Å²) in [5, 5.41) is 4.18. The van der Waals surface area contributed by atoms with Crippen LogP contribution < -0.4 is 9.47 Å². The quantitative estimate of drug-likeness (QED) is 0.558. The van der Waals surface area contributed by atoms with E-state index in [4.69, 9.17) is 14.0 Å². The monoisotopic (exact) mass is 419 g/mol. The van der Waals surface area contributed by atoms with Crippen molar-refractivity contribution in [3.8, 4) is 23.0 Å². The fourth-order valence-electron chi connectivity index (χ4n) is 3.68. The molecule has 0 radical (unpaired) electrons. The smallest absolute Gasteiger partial charge is 0.261 e. The van der Waals surface area contributed by atoms with Crippen molar-refractivity contribution in [1.82, 2.24) is 15.0 Å². The van der Waals surface area contributed by atoms with Gasteiger partial charge in [0.1, 0.15) is 11.5 Å². The molecular formula is C24H25N3O4. The Morgan fingerprint density at radius 3 is 2.52 bits per heavy atom. The highest BCUT2D eigenvalue weighted by Gasteiger charge is 2.26. The van der Waals surface area contributed by atoms with Crippen LogP contribution in [-0.4, -0.2) is 48.3 Å². The second-order valence-corrected chi connectivity index (χ2v) is 7.36. The summed E-state index contributed by atoms with van der Waals surface area (Å²) in [4.78, 5) is 19.0. The first kappa shape index (κ1) is 20.7. The standard InChI is InChI=1S/C24H25N3O4/c1-29-19-10-7-17(8-11-19)9-12-22(28)27-15-13-18(14-16-27)23-25-24(31-26-23)20-5-3-4-6-21(20)30-2/h3-12,18H,13-16H2,1-2H3. The molecule has 1 aromatic heterocycles. The van der Waals surface area contributed by atoms with Gasteiger partial charge < -0.3 is 18.9 Å². The lowest BCUT2D eigenvalue weighted by atomic mass is 9.96. The lowest BCUT2D eigenvalue weighted by Gasteiger charge is -2.29. The molecule has 160 valence electrons. The number of amides is 1. The first-order valence-corrected chi connectivity index (χ1v) is 10.3. The van der Waals surface area contributed by atoms with Crippen molar-refractivity contribution in [2.24, 2.45) is 0 Å². The van der Waals surface area contributed by atoms with E-state index in [1.54, 1.807) is 20.3 Å². The third-order valence-corrected chi connectivity index (χ3v) is 5.49. The number of likely N-dealkylation sites (tertiary alicyclic amines) is 1. The normalized spacial score (nSPS) is 14.7. The Morgan fingerprint density at radius 2 is 1.81 bits per heavy atom. The summed E-state index contributed by atoms with van der Waals surface area (Å²) in [7, 11) is 3.25. The number of rotatable bonds is 6. The maximum absolute atomic E-state index is 12.5. The van der Waals surface area contributed by atoms with E-state index in [9.17, 15) is 4.79 Å². The molecule has 4 rings (SSSR count). The summed E-state index contributed by atoms with van der Waals surface area (Å²) in [5.74, 6) is 2.80. The van der Waals surface area contributed by atoms with Gasteiger partial charge in [-0.1, -0.05) is 29.4 Å². The topological polar surface area (TPSA) is 77.7 Å². The molecule has 1 fully saturated rings. The molecule has 0 spiro atoms. The molecule has 0 bridgehead atoms. The number of aromatic nitrogens is 2. The van der Waals surface area contributed by atoms with Gasteiger partial charge in [-0.2, -0.15) is 4.98 Å². The predicted molar refractivity (Wildman–Crippen MR) is 117 cm³/mol. The van der Waals surface area contributed by atoms with Crippen LogP contribution in [0.3, 0.4) is 0 Å². The van der Waals surface area contributed by atoms with Crippen molar-refractivity contribution in [2.75, 3.05) is 27.3 Å². The Hall–Kier alpha value is -3.61. The van der Waals surface area contributed by atoms with E-state index >= 15 is 0 Å². The molecule has 2 aromatic carbocycles. The average Bonchev–Trinajstić information content (AvgIpc) is 3.33. The molecule has 0 unspecified atom stereocenters. The number of benzene rings is 2. The van der Waals surface area contributed by atoms with Crippen LogP contribution in [0.2, 0.25) is 0 Å². The van der Waals surface area contributed by atoms with Crippen LogP contribution in [0, 0.1) is 0 Å². The summed E-state index contributed by atoms with van der Waals surface area (Å²) in [5.41, 5.74) is 1.74. The van der Waals surface area contributed by atoms with Gasteiger partial charge in [-0.3, -0.25) is 4.79 Å². The predicted octanol–water partition coefficient (Wildman–Crippen LogP) is 4.17. The fraction of sp³-hybridized carbons (Fsp3) is 0.292. The number of carbonyl (C=O) groups is 1. The molecule has 0 saturated carbocycles. The molecule has 1 saturated heterocycles. The second-order valence-electron chi connectivity index (χ2n) is 7.36. The van der Waals surface area contributed by atoms with Crippen LogP contribution in [-0.2, 0) is 4.79 Å². The van der Waals surface area contributed by atoms with Crippen LogP contribution in [0.4, 0.5) is 0 Å². The van der Waals surface area contributed by atoms with E-state index in [-0.39, 0.29) is 11.8 Å². The van der Waals surface area contributed by atoms with E-state index < -0.39 is 0 Å². The Morgan fingerprint density at radius 1 is 1.06 bits per heavy atom. The molecule has 2 heterocycles. The molecule has 0 N–H and O–H groups in total. The number of hydrogen-bond donors (Lipinski definition) is 0. The highest BCUT2D eigenvalue weighted by molar-refractivity contribution is 5.91. The van der Waals surface area contributed by atoms with E-state index in [0.29, 0.717) is 30.6 Å². The number of nitrogens with zero attached hydrogens (tertiary/aromatic N) is 3. The van der Waals surface area contributed by atoms with Crippen molar-refractivity contribution < 1.29 is 18.8 Å². The van der Waals surface area contributed by atoms with Gasteiger partial charge in [0, 0.05) is 25.1 Å². The van der Waals surface area contributed by atoms with E-state index in [1.807, 2.05) is 59.5 Å². The molecule has 1 aliphatic rings. The van der Waals surface area contributed by atoms with Gasteiger partial charge in [0.05, 0.1) is 19.8 Å². The molecule has 7 nitrogen and oxygen atoms in total. The van der Waals surface area contributed by atoms with Crippen molar-refractivity contribution in [2.45, 2.75) is 18.8 Å². The van der Waals surface area contributed by atoms with Gasteiger partial charge in [-0.05, 0) is 48.7 Å². The maximum atomic E-state index is 12.5. The van der Waals surface area contributed by atoms with Gasteiger partial charge in [0.2, 0.25) is 5.91 Å². The van der Waals surface area contributed by atoms with E-state index in [2.05, 4.69) is 10.1 Å². The number of para-hydroxylation sites is 1. The fourth-order valence-corrected chi connectivity index (χ4v) is 3.68. The Kier molecular flexibility index (Phi) is 6.31. The van der Waals surface area contributed by atoms with Crippen LogP contribution in [0.25, 0.3) is 17.5 Å². The molecule has 0 aliphatic carbocycles. The number of hydrogen-bond acceptors (Lipinski definition) is 6. The number of carbonyl (C=O) groups excluding carboxylic acids is 1. The summed E-state index contributed by atoms with van der Waals surface area (Å²) < 4.78 is 16.0.